The second-order valence-electron chi connectivity index (χ2n) is 3.31. The maximum atomic E-state index is 8.92. The van der Waals surface area contributed by atoms with Crippen LogP contribution in [0.15, 0.2) is 12.5 Å². The van der Waals surface area contributed by atoms with E-state index in [1.807, 2.05) is 25.5 Å². The molecule has 1 N–H and O–H groups in total. The molecule has 1 unspecified atom stereocenters. The van der Waals surface area contributed by atoms with Gasteiger partial charge in [-0.25, -0.2) is 4.98 Å². The molecule has 1 aromatic heterocycles. The van der Waals surface area contributed by atoms with Gasteiger partial charge in [0.25, 0.3) is 0 Å². The van der Waals surface area contributed by atoms with Crippen LogP contribution >= 0.6 is 0 Å². The van der Waals surface area contributed by atoms with Gasteiger partial charge in [-0.15, -0.1) is 0 Å². The van der Waals surface area contributed by atoms with Crippen molar-refractivity contribution >= 4 is 0 Å². The Kier molecular flexibility index (Phi) is 3.04. The fraction of sp³-hybridized carbons (Fsp3) is 0.556. The smallest absolute Gasteiger partial charge is 0.138 e. The van der Waals surface area contributed by atoms with E-state index in [-0.39, 0.29) is 6.04 Å². The second-order valence-corrected chi connectivity index (χ2v) is 3.31. The van der Waals surface area contributed by atoms with Crippen LogP contribution in [0.3, 0.4) is 0 Å². The van der Waals surface area contributed by atoms with E-state index in [2.05, 4.69) is 16.4 Å². The quantitative estimate of drug-likeness (QED) is 0.750. The van der Waals surface area contributed by atoms with E-state index in [0.717, 1.165) is 5.69 Å². The molecule has 4 nitrogen and oxygen atoms in total. The third-order valence-electron chi connectivity index (χ3n) is 1.78. The number of imidazole rings is 1. The number of hydrogen-bond donors (Lipinski definition) is 1. The highest BCUT2D eigenvalue weighted by Crippen LogP contribution is 2.10. The van der Waals surface area contributed by atoms with Crippen molar-refractivity contribution in [2.75, 3.05) is 0 Å². The molecular formula is C9H14N4. The number of hydrogen-bond acceptors (Lipinski definition) is 3. The van der Waals surface area contributed by atoms with E-state index in [0.29, 0.717) is 6.04 Å². The van der Waals surface area contributed by atoms with Crippen molar-refractivity contribution in [3.63, 3.8) is 0 Å². The zero-order valence-corrected chi connectivity index (χ0v) is 8.15. The van der Waals surface area contributed by atoms with Crippen molar-refractivity contribution < 1.29 is 0 Å². The Balaban J connectivity index is 2.80. The van der Waals surface area contributed by atoms with Gasteiger partial charge in [-0.2, -0.15) is 5.26 Å². The van der Waals surface area contributed by atoms with Crippen LogP contribution in [0, 0.1) is 11.3 Å². The molecule has 0 radical (unpaired) electrons. The Labute approximate surface area is 78.2 Å². The maximum Gasteiger partial charge on any atom is 0.138 e. The van der Waals surface area contributed by atoms with Gasteiger partial charge in [0.1, 0.15) is 6.04 Å². The van der Waals surface area contributed by atoms with Gasteiger partial charge in [0.05, 0.1) is 24.3 Å². The number of aromatic nitrogens is 2. The molecule has 0 bridgehead atoms. The molecule has 0 saturated carbocycles. The summed E-state index contributed by atoms with van der Waals surface area (Å²) in [5, 5.41) is 12.1. The van der Waals surface area contributed by atoms with Gasteiger partial charge < -0.3 is 4.57 Å². The summed E-state index contributed by atoms with van der Waals surface area (Å²) in [7, 11) is 1.88. The number of nitrogens with zero attached hydrogens (tertiary/aromatic N) is 3. The first-order valence-corrected chi connectivity index (χ1v) is 4.27. The van der Waals surface area contributed by atoms with E-state index in [1.165, 1.54) is 0 Å². The second kappa shape index (κ2) is 4.06. The Morgan fingerprint density at radius 1 is 1.62 bits per heavy atom. The van der Waals surface area contributed by atoms with Gasteiger partial charge in [0.2, 0.25) is 0 Å². The molecule has 0 aliphatic heterocycles. The Hall–Kier alpha value is -1.34. The highest BCUT2D eigenvalue weighted by atomic mass is 15.1. The van der Waals surface area contributed by atoms with E-state index < -0.39 is 0 Å². The summed E-state index contributed by atoms with van der Waals surface area (Å²) >= 11 is 0. The van der Waals surface area contributed by atoms with E-state index in [9.17, 15) is 0 Å². The lowest BCUT2D eigenvalue weighted by Crippen LogP contribution is -2.28. The van der Waals surface area contributed by atoms with Gasteiger partial charge in [0.15, 0.2) is 0 Å². The fourth-order valence-corrected chi connectivity index (χ4v) is 1.17. The lowest BCUT2D eigenvalue weighted by molar-refractivity contribution is 0.527. The molecule has 0 aromatic carbocycles. The van der Waals surface area contributed by atoms with Crippen LogP contribution in [0.2, 0.25) is 0 Å². The van der Waals surface area contributed by atoms with Gasteiger partial charge in [-0.05, 0) is 13.8 Å². The molecule has 1 aromatic rings. The van der Waals surface area contributed by atoms with E-state index in [4.69, 9.17) is 5.26 Å². The molecular weight excluding hydrogens is 164 g/mol. The van der Waals surface area contributed by atoms with Crippen molar-refractivity contribution in [3.8, 4) is 6.07 Å². The van der Waals surface area contributed by atoms with Gasteiger partial charge in [-0.1, -0.05) is 0 Å². The molecule has 70 valence electrons. The predicted octanol–water partition coefficient (Wildman–Crippen LogP) is 0.983. The maximum absolute atomic E-state index is 8.92. The van der Waals surface area contributed by atoms with Gasteiger partial charge in [0, 0.05) is 13.1 Å². The number of nitrogens with one attached hydrogen (secondary N) is 1. The zero-order valence-electron chi connectivity index (χ0n) is 8.15. The highest BCUT2D eigenvalue weighted by molar-refractivity contribution is 5.13. The highest BCUT2D eigenvalue weighted by Gasteiger charge is 2.13. The van der Waals surface area contributed by atoms with E-state index >= 15 is 0 Å². The summed E-state index contributed by atoms with van der Waals surface area (Å²) in [6.45, 7) is 4.03. The minimum atomic E-state index is -0.271. The van der Waals surface area contributed by atoms with Crippen molar-refractivity contribution in [1.29, 1.82) is 5.26 Å². The standard InChI is InChI=1S/C9H14N4/c1-7(2)12-8(4-10)9-5-11-6-13(9)3/h5-8,12H,1-3H3. The molecule has 1 atom stereocenters. The van der Waals surface area contributed by atoms with Crippen molar-refractivity contribution in [2.45, 2.75) is 25.9 Å². The predicted molar refractivity (Wildman–Crippen MR) is 49.8 cm³/mol. The molecule has 1 rings (SSSR count). The summed E-state index contributed by atoms with van der Waals surface area (Å²) in [5.41, 5.74) is 0.899. The van der Waals surface area contributed by atoms with Gasteiger partial charge >= 0.3 is 0 Å². The first-order chi connectivity index (χ1) is 6.15. The van der Waals surface area contributed by atoms with Crippen LogP contribution in [0.25, 0.3) is 0 Å². The van der Waals surface area contributed by atoms with E-state index in [1.54, 1.807) is 12.5 Å². The molecule has 0 saturated heterocycles. The molecule has 0 spiro atoms. The zero-order chi connectivity index (χ0) is 9.84. The summed E-state index contributed by atoms with van der Waals surface area (Å²) in [6, 6.07) is 2.23. The molecule has 4 heteroatoms. The van der Waals surface area contributed by atoms with Crippen LogP contribution in [0.4, 0.5) is 0 Å². The molecule has 13 heavy (non-hydrogen) atoms. The molecule has 1 heterocycles. The Morgan fingerprint density at radius 3 is 2.69 bits per heavy atom. The lowest BCUT2D eigenvalue weighted by atomic mass is 10.2. The summed E-state index contributed by atoms with van der Waals surface area (Å²) < 4.78 is 1.85. The summed E-state index contributed by atoms with van der Waals surface area (Å²) in [5.74, 6) is 0. The number of rotatable bonds is 3. The third-order valence-corrected chi connectivity index (χ3v) is 1.78. The molecule has 0 fully saturated rings. The largest absolute Gasteiger partial charge is 0.335 e. The van der Waals surface area contributed by atoms with Crippen molar-refractivity contribution in [2.24, 2.45) is 7.05 Å². The SMILES string of the molecule is CC(C)NC(C#N)c1cncn1C. The molecule has 0 aliphatic rings. The number of aryl methyl sites for hydroxylation is 1. The third kappa shape index (κ3) is 2.30. The normalized spacial score (nSPS) is 12.8. The van der Waals surface area contributed by atoms with Crippen LogP contribution < -0.4 is 5.32 Å². The average molecular weight is 178 g/mol. The monoisotopic (exact) mass is 178 g/mol. The summed E-state index contributed by atoms with van der Waals surface area (Å²) in [6.07, 6.45) is 3.41. The minimum absolute atomic E-state index is 0.271. The lowest BCUT2D eigenvalue weighted by Gasteiger charge is -2.14. The topological polar surface area (TPSA) is 53.6 Å². The van der Waals surface area contributed by atoms with Crippen molar-refractivity contribution in [3.05, 3.63) is 18.2 Å². The first-order valence-electron chi connectivity index (χ1n) is 4.27. The minimum Gasteiger partial charge on any atom is -0.335 e. The first kappa shape index (κ1) is 9.75. The van der Waals surface area contributed by atoms with Crippen molar-refractivity contribution in [1.82, 2.24) is 14.9 Å². The van der Waals surface area contributed by atoms with Crippen LogP contribution in [0.5, 0.6) is 0 Å². The Morgan fingerprint density at radius 2 is 2.31 bits per heavy atom. The average Bonchev–Trinajstić information content (AvgIpc) is 2.47. The molecule has 0 amide bonds. The van der Waals surface area contributed by atoms with Crippen LogP contribution in [-0.4, -0.2) is 15.6 Å². The fourth-order valence-electron chi connectivity index (χ4n) is 1.17. The van der Waals surface area contributed by atoms with Crippen LogP contribution in [-0.2, 0) is 7.05 Å². The number of nitriles is 1. The summed E-state index contributed by atoms with van der Waals surface area (Å²) in [4.78, 5) is 3.97. The van der Waals surface area contributed by atoms with Crippen LogP contribution in [0.1, 0.15) is 25.6 Å². The van der Waals surface area contributed by atoms with Gasteiger partial charge in [-0.3, -0.25) is 5.32 Å². The molecule has 0 aliphatic carbocycles. The Bertz CT molecular complexity index is 308.